The van der Waals surface area contributed by atoms with Crippen LogP contribution in [0.3, 0.4) is 0 Å². The average Bonchev–Trinajstić information content (AvgIpc) is 2.62. The second kappa shape index (κ2) is 8.58. The zero-order valence-electron chi connectivity index (χ0n) is 17.5. The molecule has 1 heterocycles. The summed E-state index contributed by atoms with van der Waals surface area (Å²) in [7, 11) is 0. The van der Waals surface area contributed by atoms with Crippen LogP contribution in [0.2, 0.25) is 0 Å². The fraction of sp³-hybridized carbons (Fsp3) is 0.520. The molecular formula is C25H36N2. The van der Waals surface area contributed by atoms with Crippen molar-refractivity contribution in [2.75, 3.05) is 6.54 Å². The first kappa shape index (κ1) is 20.1. The van der Waals surface area contributed by atoms with Crippen molar-refractivity contribution in [2.45, 2.75) is 71.0 Å². The maximum Gasteiger partial charge on any atom is 0.0545 e. The Morgan fingerprint density at radius 3 is 2.19 bits per heavy atom. The quantitative estimate of drug-likeness (QED) is 0.794. The molecular weight excluding hydrogens is 328 g/mol. The highest BCUT2D eigenvalue weighted by molar-refractivity contribution is 5.28. The topological polar surface area (TPSA) is 29.3 Å². The number of hydrogen-bond acceptors (Lipinski definition) is 2. The molecule has 1 aliphatic rings. The molecule has 3 atom stereocenters. The van der Waals surface area contributed by atoms with Crippen molar-refractivity contribution in [3.05, 3.63) is 71.3 Å². The van der Waals surface area contributed by atoms with Crippen molar-refractivity contribution in [3.8, 4) is 0 Å². The number of rotatable bonds is 5. The molecule has 2 nitrogen and oxygen atoms in total. The lowest BCUT2D eigenvalue weighted by molar-refractivity contribution is 0.0765. The number of piperidine rings is 1. The molecule has 1 fully saturated rings. The van der Waals surface area contributed by atoms with Crippen molar-refractivity contribution in [1.29, 1.82) is 0 Å². The predicted molar refractivity (Wildman–Crippen MR) is 116 cm³/mol. The third-order valence-corrected chi connectivity index (χ3v) is 6.05. The predicted octanol–water partition coefficient (Wildman–Crippen LogP) is 5.15. The molecule has 3 rings (SSSR count). The summed E-state index contributed by atoms with van der Waals surface area (Å²) in [5.74, 6) is 0.751. The molecule has 27 heavy (non-hydrogen) atoms. The summed E-state index contributed by atoms with van der Waals surface area (Å²) in [4.78, 5) is 2.51. The Hall–Kier alpha value is -1.64. The first-order valence-electron chi connectivity index (χ1n) is 10.5. The Kier molecular flexibility index (Phi) is 6.39. The minimum absolute atomic E-state index is 0.126. The van der Waals surface area contributed by atoms with Gasteiger partial charge in [0.2, 0.25) is 0 Å². The Morgan fingerprint density at radius 1 is 0.963 bits per heavy atom. The van der Waals surface area contributed by atoms with Crippen molar-refractivity contribution in [3.63, 3.8) is 0 Å². The molecule has 0 saturated carbocycles. The molecule has 1 saturated heterocycles. The van der Waals surface area contributed by atoms with E-state index in [0.29, 0.717) is 6.04 Å². The van der Waals surface area contributed by atoms with Gasteiger partial charge in [-0.3, -0.25) is 4.90 Å². The van der Waals surface area contributed by atoms with E-state index in [4.69, 9.17) is 5.73 Å². The molecule has 3 unspecified atom stereocenters. The fourth-order valence-electron chi connectivity index (χ4n) is 4.43. The van der Waals surface area contributed by atoms with Gasteiger partial charge in [0.15, 0.2) is 0 Å². The zero-order valence-corrected chi connectivity index (χ0v) is 17.5. The molecule has 146 valence electrons. The Morgan fingerprint density at radius 2 is 1.59 bits per heavy atom. The van der Waals surface area contributed by atoms with E-state index in [9.17, 15) is 0 Å². The van der Waals surface area contributed by atoms with Gasteiger partial charge in [0.25, 0.3) is 0 Å². The van der Waals surface area contributed by atoms with Gasteiger partial charge in [-0.15, -0.1) is 0 Å². The van der Waals surface area contributed by atoms with Gasteiger partial charge in [-0.25, -0.2) is 0 Å². The third-order valence-electron chi connectivity index (χ3n) is 6.05. The zero-order chi connectivity index (χ0) is 19.4. The number of benzene rings is 2. The summed E-state index contributed by atoms with van der Waals surface area (Å²) in [5.41, 5.74) is 10.8. The number of likely N-dealkylation sites (tertiary alicyclic amines) is 1. The van der Waals surface area contributed by atoms with Gasteiger partial charge in [-0.1, -0.05) is 75.4 Å². The van der Waals surface area contributed by atoms with Gasteiger partial charge in [0.05, 0.1) is 6.17 Å². The highest BCUT2D eigenvalue weighted by Gasteiger charge is 2.30. The second-order valence-corrected chi connectivity index (χ2v) is 9.36. The average molecular weight is 365 g/mol. The molecule has 0 aliphatic carbocycles. The van der Waals surface area contributed by atoms with Crippen LogP contribution in [0.25, 0.3) is 0 Å². The van der Waals surface area contributed by atoms with Gasteiger partial charge in [0, 0.05) is 12.6 Å². The first-order valence-corrected chi connectivity index (χ1v) is 10.5. The van der Waals surface area contributed by atoms with Crippen LogP contribution in [0.15, 0.2) is 54.6 Å². The summed E-state index contributed by atoms with van der Waals surface area (Å²) in [5, 5.41) is 0. The Bertz CT molecular complexity index is 697. The third kappa shape index (κ3) is 5.43. The number of hydrogen-bond donors (Lipinski definition) is 1. The van der Waals surface area contributed by atoms with E-state index in [1.165, 1.54) is 36.0 Å². The first-order chi connectivity index (χ1) is 12.8. The lowest BCUT2D eigenvalue weighted by Gasteiger charge is -2.42. The van der Waals surface area contributed by atoms with E-state index in [1.54, 1.807) is 0 Å². The molecule has 2 aromatic rings. The van der Waals surface area contributed by atoms with Crippen LogP contribution in [-0.4, -0.2) is 23.7 Å². The molecule has 0 radical (unpaired) electrons. The summed E-state index contributed by atoms with van der Waals surface area (Å²) in [6.07, 6.45) is 4.89. The lowest BCUT2D eigenvalue weighted by Crippen LogP contribution is -2.51. The molecule has 0 spiro atoms. The smallest absolute Gasteiger partial charge is 0.0545 e. The van der Waals surface area contributed by atoms with Crippen LogP contribution >= 0.6 is 0 Å². The second-order valence-electron chi connectivity index (χ2n) is 9.36. The molecule has 0 aromatic heterocycles. The van der Waals surface area contributed by atoms with Crippen LogP contribution < -0.4 is 5.73 Å². The fourth-order valence-corrected chi connectivity index (χ4v) is 4.43. The van der Waals surface area contributed by atoms with Gasteiger partial charge >= 0.3 is 0 Å². The Labute approximate surface area is 165 Å². The summed E-state index contributed by atoms with van der Waals surface area (Å²) >= 11 is 0. The summed E-state index contributed by atoms with van der Waals surface area (Å²) < 4.78 is 0. The van der Waals surface area contributed by atoms with E-state index >= 15 is 0 Å². The van der Waals surface area contributed by atoms with Gasteiger partial charge in [-0.2, -0.15) is 0 Å². The van der Waals surface area contributed by atoms with Crippen LogP contribution in [0.5, 0.6) is 0 Å². The van der Waals surface area contributed by atoms with E-state index in [2.05, 4.69) is 87.2 Å². The summed E-state index contributed by atoms with van der Waals surface area (Å²) in [6.45, 7) is 10.1. The molecule has 2 heteroatoms. The van der Waals surface area contributed by atoms with Gasteiger partial charge in [0.1, 0.15) is 0 Å². The molecule has 1 aliphatic heterocycles. The Balaban J connectivity index is 1.69. The molecule has 0 amide bonds. The van der Waals surface area contributed by atoms with E-state index in [-0.39, 0.29) is 11.6 Å². The highest BCUT2D eigenvalue weighted by Crippen LogP contribution is 2.29. The van der Waals surface area contributed by atoms with Gasteiger partial charge < -0.3 is 5.73 Å². The molecule has 2 aromatic carbocycles. The van der Waals surface area contributed by atoms with Crippen LogP contribution in [0.4, 0.5) is 0 Å². The van der Waals surface area contributed by atoms with Crippen LogP contribution in [0.1, 0.15) is 57.2 Å². The SMILES string of the molecule is CC(N)N1CCC(Cc2ccccc2)CC1Cc1ccc(C(C)(C)C)cc1. The van der Waals surface area contributed by atoms with Crippen LogP contribution in [-0.2, 0) is 18.3 Å². The molecule has 2 N–H and O–H groups in total. The maximum absolute atomic E-state index is 6.32. The van der Waals surface area contributed by atoms with E-state index in [1.807, 2.05) is 0 Å². The van der Waals surface area contributed by atoms with Gasteiger partial charge in [-0.05, 0) is 60.6 Å². The monoisotopic (exact) mass is 364 g/mol. The number of nitrogens with zero attached hydrogens (tertiary/aromatic N) is 1. The van der Waals surface area contributed by atoms with Crippen LogP contribution in [0, 0.1) is 5.92 Å². The standard InChI is InChI=1S/C25H36N2/c1-19(26)27-15-14-22(16-20-8-6-5-7-9-20)18-24(27)17-21-10-12-23(13-11-21)25(2,3)4/h5-13,19,22,24H,14-18,26H2,1-4H3. The van der Waals surface area contributed by atoms with E-state index in [0.717, 1.165) is 18.9 Å². The molecule has 0 bridgehead atoms. The van der Waals surface area contributed by atoms with E-state index < -0.39 is 0 Å². The minimum atomic E-state index is 0.126. The minimum Gasteiger partial charge on any atom is -0.316 e. The number of nitrogens with two attached hydrogens (primary N) is 1. The van der Waals surface area contributed by atoms with Crippen molar-refractivity contribution < 1.29 is 0 Å². The van der Waals surface area contributed by atoms with Crippen molar-refractivity contribution in [2.24, 2.45) is 11.7 Å². The van der Waals surface area contributed by atoms with Crippen molar-refractivity contribution >= 4 is 0 Å². The summed E-state index contributed by atoms with van der Waals surface area (Å²) in [6, 6.07) is 20.7. The maximum atomic E-state index is 6.32. The lowest BCUT2D eigenvalue weighted by atomic mass is 9.82. The normalized spacial score (nSPS) is 22.6. The highest BCUT2D eigenvalue weighted by atomic mass is 15.2. The largest absolute Gasteiger partial charge is 0.316 e. The van der Waals surface area contributed by atoms with Crippen molar-refractivity contribution in [1.82, 2.24) is 4.90 Å².